The zero-order valence-corrected chi connectivity index (χ0v) is 38.8. The number of sulfone groups is 2. The Bertz CT molecular complexity index is 2180. The van der Waals surface area contributed by atoms with Gasteiger partial charge in [0, 0.05) is 35.3 Å². The van der Waals surface area contributed by atoms with Crippen LogP contribution in [0.15, 0.2) is 46.4 Å². The largest absolute Gasteiger partial charge is 0.490 e. The number of nitrogen functional groups attached to an aromatic ring is 2. The van der Waals surface area contributed by atoms with Crippen molar-refractivity contribution < 1.29 is 45.4 Å². The summed E-state index contributed by atoms with van der Waals surface area (Å²) in [6.07, 6.45) is -1.64. The molecule has 16 nitrogen and oxygen atoms in total. The number of nitrogens with one attached hydrogen (secondary N) is 2. The third kappa shape index (κ3) is 8.50. The minimum Gasteiger partial charge on any atom is -0.490 e. The van der Waals surface area contributed by atoms with Crippen molar-refractivity contribution in [2.75, 3.05) is 11.5 Å². The average Bonchev–Trinajstić information content (AvgIpc) is 3.25. The number of anilines is 2. The summed E-state index contributed by atoms with van der Waals surface area (Å²) < 4.78 is 75.0. The lowest BCUT2D eigenvalue weighted by Gasteiger charge is -2.44. The van der Waals surface area contributed by atoms with Crippen LogP contribution in [-0.2, 0) is 40.2 Å². The Morgan fingerprint density at radius 3 is 1.27 bits per heavy atom. The Morgan fingerprint density at radius 2 is 0.967 bits per heavy atom. The maximum absolute atomic E-state index is 13.8. The summed E-state index contributed by atoms with van der Waals surface area (Å²) >= 11 is 0. The molecule has 2 amide bonds. The summed E-state index contributed by atoms with van der Waals surface area (Å²) in [6.45, 7) is 23.8. The molecule has 4 aliphatic rings. The van der Waals surface area contributed by atoms with Crippen molar-refractivity contribution in [2.24, 2.45) is 9.98 Å². The van der Waals surface area contributed by atoms with Gasteiger partial charge >= 0.3 is 12.2 Å². The predicted molar refractivity (Wildman–Crippen MR) is 233 cm³/mol. The fraction of sp³-hybridized carbons (Fsp3) is 0.619. The standard InChI is InChI=1S/2C21H31N3O5S/c2*1-12-10-16-21(7,14-11-13(22)8-9-15(14)28-12)24-17(20(5,6)30(16,26)27)23-18(25)29-19(2,3)4/h2*8-9,11-12,16H,10,22H2,1-7H3,(H,23,24,25)/t12-,16+,21-;12-,16-,21-/m11/s1. The van der Waals surface area contributed by atoms with Gasteiger partial charge in [0.15, 0.2) is 19.7 Å². The second kappa shape index (κ2) is 15.1. The number of carbonyl (C=O) groups excluding carboxylic acids is 2. The van der Waals surface area contributed by atoms with Crippen molar-refractivity contribution >= 4 is 54.9 Å². The molecule has 0 fully saturated rings. The maximum atomic E-state index is 13.8. The molecule has 0 aromatic heterocycles. The van der Waals surface area contributed by atoms with E-state index >= 15 is 0 Å². The molecule has 4 aliphatic heterocycles. The molecular formula is C42H62N6O10S2. The summed E-state index contributed by atoms with van der Waals surface area (Å²) in [5.41, 5.74) is 10.3. The van der Waals surface area contributed by atoms with E-state index in [0.717, 1.165) is 0 Å². The van der Waals surface area contributed by atoms with Crippen molar-refractivity contribution in [3.63, 3.8) is 0 Å². The molecule has 6 N–H and O–H groups in total. The second-order valence-electron chi connectivity index (χ2n) is 19.4. The van der Waals surface area contributed by atoms with Gasteiger partial charge < -0.3 is 30.4 Å². The van der Waals surface area contributed by atoms with Gasteiger partial charge in [-0.25, -0.2) is 26.4 Å². The van der Waals surface area contributed by atoms with Gasteiger partial charge in [-0.2, -0.15) is 0 Å². The van der Waals surface area contributed by atoms with E-state index in [4.69, 9.17) is 40.4 Å². The van der Waals surface area contributed by atoms with Crippen LogP contribution in [0.5, 0.6) is 11.5 Å². The molecule has 2 aromatic rings. The Balaban J connectivity index is 0.000000228. The van der Waals surface area contributed by atoms with Gasteiger partial charge in [0.2, 0.25) is 0 Å². The number of carbonyl (C=O) groups is 2. The highest BCUT2D eigenvalue weighted by Gasteiger charge is 2.61. The van der Waals surface area contributed by atoms with Crippen molar-refractivity contribution in [3.8, 4) is 11.5 Å². The van der Waals surface area contributed by atoms with Crippen molar-refractivity contribution in [2.45, 2.75) is 164 Å². The first-order valence-corrected chi connectivity index (χ1v) is 23.1. The first-order chi connectivity index (χ1) is 27.2. The second-order valence-corrected chi connectivity index (χ2v) is 24.8. The topological polar surface area (TPSA) is 240 Å². The van der Waals surface area contributed by atoms with Crippen molar-refractivity contribution in [1.82, 2.24) is 10.6 Å². The van der Waals surface area contributed by atoms with Gasteiger partial charge in [0.05, 0.1) is 22.7 Å². The predicted octanol–water partition coefficient (Wildman–Crippen LogP) is 6.31. The number of ether oxygens (including phenoxy) is 4. The van der Waals surface area contributed by atoms with Crippen LogP contribution in [0.1, 0.15) is 121 Å². The van der Waals surface area contributed by atoms with E-state index in [2.05, 4.69) is 10.6 Å². The zero-order valence-electron chi connectivity index (χ0n) is 37.1. The molecule has 0 aliphatic carbocycles. The highest BCUT2D eigenvalue weighted by molar-refractivity contribution is 7.94. The van der Waals surface area contributed by atoms with Crippen LogP contribution >= 0.6 is 0 Å². The average molecular weight is 875 g/mol. The number of amidine groups is 2. The number of nitrogens with zero attached hydrogens (tertiary/aromatic N) is 2. The van der Waals surface area contributed by atoms with Gasteiger partial charge in [-0.1, -0.05) is 0 Å². The minimum absolute atomic E-state index is 0.0402. The Hall–Kier alpha value is -4.58. The SMILES string of the molecule is C[C@@H]1C[C@@H]2[C@](C)(N=C(NC(=O)OC(C)(C)C)C(C)(C)S2(=O)=O)c2cc(N)ccc2O1.C[C@@H]1C[C@H]2[C@](C)(N=C(NC(=O)OC(C)(C)C)C(C)(C)S2(=O)=O)c2cc(N)ccc2O1. The molecule has 332 valence electrons. The van der Waals surface area contributed by atoms with E-state index < -0.39 is 74.1 Å². The fourth-order valence-electron chi connectivity index (χ4n) is 8.02. The van der Waals surface area contributed by atoms with Gasteiger partial charge in [-0.3, -0.25) is 20.6 Å². The molecule has 0 spiro atoms. The first kappa shape index (κ1) is 46.5. The van der Waals surface area contributed by atoms with Gasteiger partial charge in [0.1, 0.15) is 54.9 Å². The molecule has 0 unspecified atom stereocenters. The smallest absolute Gasteiger partial charge is 0.413 e. The number of amides is 2. The molecule has 18 heteroatoms. The van der Waals surface area contributed by atoms with Crippen LogP contribution in [-0.4, -0.2) is 84.1 Å². The number of rotatable bonds is 0. The molecule has 6 atom stereocenters. The van der Waals surface area contributed by atoms with Gasteiger partial charge in [-0.05, 0) is 133 Å². The first-order valence-electron chi connectivity index (χ1n) is 20.0. The quantitative estimate of drug-likeness (QED) is 0.213. The molecule has 6 rings (SSSR count). The lowest BCUT2D eigenvalue weighted by atomic mass is 9.85. The molecule has 0 radical (unpaired) electrons. The summed E-state index contributed by atoms with van der Waals surface area (Å²) in [4.78, 5) is 34.6. The maximum Gasteiger partial charge on any atom is 0.413 e. The van der Waals surface area contributed by atoms with E-state index in [1.54, 1.807) is 119 Å². The number of hydrogen-bond donors (Lipinski definition) is 4. The normalized spacial score (nSPS) is 29.4. The lowest BCUT2D eigenvalue weighted by molar-refractivity contribution is 0.0548. The summed E-state index contributed by atoms with van der Waals surface area (Å²) in [5, 5.41) is 3.50. The molecule has 0 bridgehead atoms. The lowest BCUT2D eigenvalue weighted by Crippen LogP contribution is -2.62. The molecule has 60 heavy (non-hydrogen) atoms. The van der Waals surface area contributed by atoms with E-state index in [1.165, 1.54) is 0 Å². The molecule has 0 saturated carbocycles. The van der Waals surface area contributed by atoms with E-state index in [1.807, 2.05) is 13.8 Å². The number of nitrogens with two attached hydrogens (primary N) is 2. The Kier molecular flexibility index (Phi) is 11.7. The van der Waals surface area contributed by atoms with E-state index in [-0.39, 0.29) is 36.7 Å². The number of benzene rings is 2. The van der Waals surface area contributed by atoms with Crippen molar-refractivity contribution in [3.05, 3.63) is 47.5 Å². The molecule has 4 heterocycles. The molecular weight excluding hydrogens is 813 g/mol. The van der Waals surface area contributed by atoms with Crippen LogP contribution < -0.4 is 31.6 Å². The highest BCUT2D eigenvalue weighted by Crippen LogP contribution is 2.51. The van der Waals surface area contributed by atoms with Crippen LogP contribution in [0.4, 0.5) is 21.0 Å². The van der Waals surface area contributed by atoms with Gasteiger partial charge in [-0.15, -0.1) is 0 Å². The van der Waals surface area contributed by atoms with E-state index in [9.17, 15) is 26.4 Å². The molecule has 0 saturated heterocycles. The molecule has 2 aromatic carbocycles. The Labute approximate surface area is 354 Å². The number of alkyl carbamates (subject to hydrolysis) is 2. The monoisotopic (exact) mass is 874 g/mol. The third-order valence-electron chi connectivity index (χ3n) is 11.3. The number of hydrogen-bond acceptors (Lipinski definition) is 14. The zero-order chi connectivity index (χ0) is 45.4. The van der Waals surface area contributed by atoms with E-state index in [0.29, 0.717) is 34.0 Å². The summed E-state index contributed by atoms with van der Waals surface area (Å²) in [5.74, 6) is 1.16. The van der Waals surface area contributed by atoms with Gasteiger partial charge in [0.25, 0.3) is 0 Å². The van der Waals surface area contributed by atoms with Crippen molar-refractivity contribution in [1.29, 1.82) is 0 Å². The van der Waals surface area contributed by atoms with Crippen LogP contribution in [0.2, 0.25) is 0 Å². The summed E-state index contributed by atoms with van der Waals surface area (Å²) in [6, 6.07) is 10.3. The number of aliphatic imine (C=N–C) groups is 2. The van der Waals surface area contributed by atoms with Crippen LogP contribution in [0.3, 0.4) is 0 Å². The third-order valence-corrected chi connectivity index (χ3v) is 17.4. The fourth-order valence-corrected chi connectivity index (χ4v) is 12.8. The van der Waals surface area contributed by atoms with Crippen LogP contribution in [0.25, 0.3) is 0 Å². The minimum atomic E-state index is -3.79. The highest BCUT2D eigenvalue weighted by atomic mass is 32.2. The van der Waals surface area contributed by atoms with Crippen LogP contribution in [0, 0.1) is 0 Å². The Morgan fingerprint density at radius 1 is 0.650 bits per heavy atom. The summed E-state index contributed by atoms with van der Waals surface area (Å²) in [7, 11) is -7.59. The number of fused-ring (bicyclic) bond motifs is 6.